The molecule has 1 saturated heterocycles. The molecule has 19 heteroatoms. The van der Waals surface area contributed by atoms with E-state index in [1.807, 2.05) is 48.2 Å². The number of para-hydroxylation sites is 1. The zero-order valence-electron chi connectivity index (χ0n) is 26.4. The van der Waals surface area contributed by atoms with E-state index in [2.05, 4.69) is 10.3 Å². The number of nitrogens with one attached hydrogen (secondary N) is 2. The number of ether oxygens (including phenoxy) is 1. The average molecular weight is 729 g/mol. The first-order valence-corrected chi connectivity index (χ1v) is 14.6. The number of benzene rings is 2. The lowest BCUT2D eigenvalue weighted by atomic mass is 10.0. The molecule has 2 aromatic carbocycles. The molecule has 5 N–H and O–H groups in total. The summed E-state index contributed by atoms with van der Waals surface area (Å²) in [6.45, 7) is 3.67. The van der Waals surface area contributed by atoms with Gasteiger partial charge < -0.3 is 24.7 Å². The number of carboxylic acid groups (broad SMARTS) is 2. The van der Waals surface area contributed by atoms with Crippen LogP contribution in [0, 0.1) is 12.8 Å². The maximum Gasteiger partial charge on any atom is 0.490 e. The monoisotopic (exact) mass is 728 g/mol. The maximum absolute atomic E-state index is 13.0. The molecule has 2 amide bonds. The van der Waals surface area contributed by atoms with E-state index in [1.54, 1.807) is 42.1 Å². The number of aryl methyl sites for hydroxylation is 1. The molecule has 3 heterocycles. The lowest BCUT2D eigenvalue weighted by molar-refractivity contribution is -0.193. The number of rotatable bonds is 8. The molecule has 51 heavy (non-hydrogen) atoms. The number of carboxylic acids is 2. The molecule has 13 nitrogen and oxygen atoms in total. The molecule has 0 saturated carbocycles. The fourth-order valence-corrected chi connectivity index (χ4v) is 4.76. The minimum Gasteiger partial charge on any atom is -0.489 e. The molecule has 274 valence electrons. The van der Waals surface area contributed by atoms with Gasteiger partial charge in [0.25, 0.3) is 5.91 Å². The normalized spacial score (nSPS) is 15.8. The van der Waals surface area contributed by atoms with Crippen molar-refractivity contribution in [1.29, 1.82) is 0 Å². The number of hydrogen-bond donors (Lipinski definition) is 5. The predicted molar refractivity (Wildman–Crippen MR) is 163 cm³/mol. The number of nitrogens with zero attached hydrogens (tertiary/aromatic N) is 2. The van der Waals surface area contributed by atoms with E-state index >= 15 is 0 Å². The summed E-state index contributed by atoms with van der Waals surface area (Å²) >= 11 is 0. The molecule has 0 unspecified atom stereocenters. The Balaban J connectivity index is 0.000000424. The van der Waals surface area contributed by atoms with Crippen molar-refractivity contribution in [1.82, 2.24) is 20.7 Å². The molecule has 0 spiro atoms. The van der Waals surface area contributed by atoms with E-state index in [1.165, 1.54) is 0 Å². The lowest BCUT2D eigenvalue weighted by Gasteiger charge is -2.18. The zero-order chi connectivity index (χ0) is 37.9. The standard InChI is InChI=1S/C28H28N4O5.2C2HF3O2/c1-18-13-20(23-6-2-3-7-25(23)29-18)17-37-21-10-8-19(9-11-21)27(33)30-26-16-32(14-22-5-4-12-36-22)15-24(26)28(34)31-35;2*3-2(4,5)1(6)7/h2-13,24,26,35H,14-17H2,1H3,(H,30,33)(H,31,34);2*(H,6,7)/t24-,26+;;/m0../s1. The van der Waals surface area contributed by atoms with Crippen LogP contribution in [0.15, 0.2) is 77.4 Å². The van der Waals surface area contributed by atoms with Gasteiger partial charge >= 0.3 is 24.3 Å². The second kappa shape index (κ2) is 17.3. The van der Waals surface area contributed by atoms with Gasteiger partial charge in [0.2, 0.25) is 5.91 Å². The summed E-state index contributed by atoms with van der Waals surface area (Å²) in [4.78, 5) is 49.6. The maximum atomic E-state index is 13.0. The third-order valence-corrected chi connectivity index (χ3v) is 7.04. The highest BCUT2D eigenvalue weighted by molar-refractivity contribution is 5.95. The van der Waals surface area contributed by atoms with Gasteiger partial charge in [-0.2, -0.15) is 26.3 Å². The molecule has 1 fully saturated rings. The zero-order valence-corrected chi connectivity index (χ0v) is 26.4. The molecule has 1 aliphatic rings. The molecular weight excluding hydrogens is 698 g/mol. The second-order valence-electron chi connectivity index (χ2n) is 10.8. The van der Waals surface area contributed by atoms with Gasteiger partial charge in [0.15, 0.2) is 0 Å². The van der Waals surface area contributed by atoms with Crippen molar-refractivity contribution < 1.29 is 70.1 Å². The Labute approximate surface area is 284 Å². The Morgan fingerprint density at radius 2 is 1.53 bits per heavy atom. The summed E-state index contributed by atoms with van der Waals surface area (Å²) in [6.07, 6.45) is -8.57. The van der Waals surface area contributed by atoms with E-state index in [0.717, 1.165) is 27.9 Å². The number of furan rings is 1. The van der Waals surface area contributed by atoms with Gasteiger partial charge in [-0.05, 0) is 55.5 Å². The third-order valence-electron chi connectivity index (χ3n) is 7.04. The van der Waals surface area contributed by atoms with Crippen LogP contribution in [0.25, 0.3) is 10.9 Å². The Morgan fingerprint density at radius 3 is 2.08 bits per heavy atom. The fourth-order valence-electron chi connectivity index (χ4n) is 4.76. The highest BCUT2D eigenvalue weighted by Crippen LogP contribution is 2.23. The number of likely N-dealkylation sites (tertiary alicyclic amines) is 1. The SMILES string of the molecule is Cc1cc(COc2ccc(C(=O)N[C@@H]3CN(Cc4ccco4)C[C@@H]3C(=O)NO)cc2)c2ccccc2n1.O=C(O)C(F)(F)F.O=C(O)C(F)(F)F. The highest BCUT2D eigenvalue weighted by atomic mass is 19.4. The van der Waals surface area contributed by atoms with Gasteiger partial charge in [0.05, 0.1) is 30.3 Å². The van der Waals surface area contributed by atoms with Crippen molar-refractivity contribution >= 4 is 34.7 Å². The largest absolute Gasteiger partial charge is 0.490 e. The lowest BCUT2D eigenvalue weighted by Crippen LogP contribution is -2.45. The van der Waals surface area contributed by atoms with Crippen molar-refractivity contribution in [3.8, 4) is 5.75 Å². The third kappa shape index (κ3) is 12.0. The van der Waals surface area contributed by atoms with Crippen LogP contribution in [0.2, 0.25) is 0 Å². The Hall–Kier alpha value is -5.69. The molecule has 2 aromatic heterocycles. The summed E-state index contributed by atoms with van der Waals surface area (Å²) in [6, 6.07) is 20.0. The van der Waals surface area contributed by atoms with Crippen LogP contribution < -0.4 is 15.5 Å². The van der Waals surface area contributed by atoms with E-state index in [0.29, 0.717) is 37.6 Å². The first-order valence-electron chi connectivity index (χ1n) is 14.6. The predicted octanol–water partition coefficient (Wildman–Crippen LogP) is 4.72. The Morgan fingerprint density at radius 1 is 0.922 bits per heavy atom. The second-order valence-corrected chi connectivity index (χ2v) is 10.8. The van der Waals surface area contributed by atoms with Gasteiger partial charge in [-0.15, -0.1) is 0 Å². The van der Waals surface area contributed by atoms with E-state index in [4.69, 9.17) is 29.0 Å². The van der Waals surface area contributed by atoms with Gasteiger partial charge in [0, 0.05) is 35.3 Å². The van der Waals surface area contributed by atoms with Crippen molar-refractivity contribution in [3.05, 3.63) is 95.6 Å². The molecule has 5 rings (SSSR count). The highest BCUT2D eigenvalue weighted by Gasteiger charge is 2.40. The van der Waals surface area contributed by atoms with Crippen LogP contribution in [-0.4, -0.2) is 80.5 Å². The fraction of sp³-hybridized carbons (Fsp3) is 0.281. The van der Waals surface area contributed by atoms with Crippen molar-refractivity contribution in [2.24, 2.45) is 5.92 Å². The number of amides is 2. The van der Waals surface area contributed by atoms with Gasteiger partial charge in [-0.25, -0.2) is 15.1 Å². The molecule has 0 radical (unpaired) electrons. The molecule has 0 bridgehead atoms. The molecule has 4 aromatic rings. The number of carbonyl (C=O) groups is 4. The van der Waals surface area contributed by atoms with Crippen LogP contribution in [0.3, 0.4) is 0 Å². The molecular formula is C32H30F6N4O9. The number of pyridine rings is 1. The summed E-state index contributed by atoms with van der Waals surface area (Å²) in [7, 11) is 0. The number of aliphatic carboxylic acids is 2. The Kier molecular flexibility index (Phi) is 13.5. The first-order chi connectivity index (χ1) is 23.9. The number of halogens is 6. The van der Waals surface area contributed by atoms with E-state index < -0.39 is 42.2 Å². The molecule has 0 aliphatic carbocycles. The van der Waals surface area contributed by atoms with E-state index in [-0.39, 0.29) is 5.91 Å². The summed E-state index contributed by atoms with van der Waals surface area (Å²) in [5.74, 6) is -5.54. The van der Waals surface area contributed by atoms with Gasteiger partial charge in [-0.1, -0.05) is 18.2 Å². The van der Waals surface area contributed by atoms with Crippen molar-refractivity contribution in [2.75, 3.05) is 13.1 Å². The minimum atomic E-state index is -5.08. The summed E-state index contributed by atoms with van der Waals surface area (Å²) in [5.41, 5.74) is 5.06. The number of aromatic nitrogens is 1. The Bertz CT molecular complexity index is 1780. The molecule has 2 atom stereocenters. The average Bonchev–Trinajstić information content (AvgIpc) is 3.73. The van der Waals surface area contributed by atoms with Crippen LogP contribution in [-0.2, 0) is 27.5 Å². The van der Waals surface area contributed by atoms with Gasteiger partial charge in [-0.3, -0.25) is 24.7 Å². The quantitative estimate of drug-likeness (QED) is 0.0959. The van der Waals surface area contributed by atoms with Crippen LogP contribution in [0.5, 0.6) is 5.75 Å². The van der Waals surface area contributed by atoms with Crippen molar-refractivity contribution in [3.63, 3.8) is 0 Å². The smallest absolute Gasteiger partial charge is 0.489 e. The summed E-state index contributed by atoms with van der Waals surface area (Å²) < 4.78 is 74.9. The van der Waals surface area contributed by atoms with Crippen molar-refractivity contribution in [2.45, 2.75) is 38.5 Å². The number of carbonyl (C=O) groups excluding carboxylic acids is 2. The number of hydrogen-bond acceptors (Lipinski definition) is 9. The van der Waals surface area contributed by atoms with Crippen LogP contribution in [0.1, 0.15) is 27.4 Å². The topological polar surface area (TPSA) is 192 Å². The number of fused-ring (bicyclic) bond motifs is 1. The number of alkyl halides is 6. The van der Waals surface area contributed by atoms with Gasteiger partial charge in [0.1, 0.15) is 18.1 Å². The number of hydroxylamine groups is 1. The first kappa shape index (κ1) is 39.7. The minimum absolute atomic E-state index is 0.303. The molecule has 1 aliphatic heterocycles. The van der Waals surface area contributed by atoms with Crippen LogP contribution in [0.4, 0.5) is 26.3 Å². The summed E-state index contributed by atoms with van der Waals surface area (Å²) in [5, 5.41) is 27.4. The van der Waals surface area contributed by atoms with Crippen LogP contribution >= 0.6 is 0 Å². The van der Waals surface area contributed by atoms with E-state index in [9.17, 15) is 41.1 Å².